The van der Waals surface area contributed by atoms with Crippen LogP contribution in [0, 0.1) is 0 Å². The third-order valence-corrected chi connectivity index (χ3v) is 3.59. The smallest absolute Gasteiger partial charge is 0.173 e. The van der Waals surface area contributed by atoms with Crippen molar-refractivity contribution < 1.29 is 14.7 Å². The number of amidine groups is 1. The summed E-state index contributed by atoms with van der Waals surface area (Å²) in [4.78, 5) is 0. The minimum absolute atomic E-state index is 0.0253. The summed E-state index contributed by atoms with van der Waals surface area (Å²) in [5.74, 6) is 0.630. The van der Waals surface area contributed by atoms with Crippen LogP contribution in [-0.4, -0.2) is 36.9 Å². The highest BCUT2D eigenvalue weighted by molar-refractivity contribution is 5.99. The predicted octanol–water partition coefficient (Wildman–Crippen LogP) is 1.06. The van der Waals surface area contributed by atoms with Gasteiger partial charge in [-0.3, -0.25) is 0 Å². The van der Waals surface area contributed by atoms with Gasteiger partial charge in [0.1, 0.15) is 5.75 Å². The molecule has 1 heterocycles. The average molecular weight is 279 g/mol. The highest BCUT2D eigenvalue weighted by Crippen LogP contribution is 2.22. The zero-order valence-corrected chi connectivity index (χ0v) is 11.8. The van der Waals surface area contributed by atoms with Crippen LogP contribution in [0.5, 0.6) is 5.75 Å². The molecule has 110 valence electrons. The van der Waals surface area contributed by atoms with Crippen molar-refractivity contribution in [3.63, 3.8) is 0 Å². The number of hydrogen-bond donors (Lipinski definition) is 3. The molecule has 1 aliphatic rings. The third kappa shape index (κ3) is 3.20. The van der Waals surface area contributed by atoms with E-state index >= 15 is 0 Å². The summed E-state index contributed by atoms with van der Waals surface area (Å²) < 4.78 is 10.7. The second-order valence-electron chi connectivity index (χ2n) is 5.24. The molecular weight excluding hydrogens is 258 g/mol. The molecule has 1 aromatic carbocycles. The lowest BCUT2D eigenvalue weighted by atomic mass is 10.0. The molecule has 0 saturated carbocycles. The molecule has 0 amide bonds. The van der Waals surface area contributed by atoms with E-state index in [2.05, 4.69) is 17.4 Å². The van der Waals surface area contributed by atoms with Gasteiger partial charge in [0, 0.05) is 18.7 Å². The number of nitrogens with two attached hydrogens (primary N) is 1. The van der Waals surface area contributed by atoms with Gasteiger partial charge in [0.2, 0.25) is 0 Å². The fourth-order valence-corrected chi connectivity index (χ4v) is 2.23. The zero-order chi connectivity index (χ0) is 14.6. The van der Waals surface area contributed by atoms with Crippen LogP contribution in [0.15, 0.2) is 23.4 Å². The number of ether oxygens (including phenoxy) is 2. The molecular formula is C14H21N3O3. The summed E-state index contributed by atoms with van der Waals surface area (Å²) in [5, 5.41) is 15.2. The molecule has 0 aromatic heterocycles. The molecule has 1 saturated heterocycles. The Hall–Kier alpha value is -1.79. The van der Waals surface area contributed by atoms with Gasteiger partial charge in [-0.1, -0.05) is 11.2 Å². The normalized spacial score (nSPS) is 23.0. The molecule has 20 heavy (non-hydrogen) atoms. The number of benzene rings is 1. The number of oxime groups is 1. The molecule has 6 nitrogen and oxygen atoms in total. The Balaban J connectivity index is 2.09. The van der Waals surface area contributed by atoms with E-state index in [0.717, 1.165) is 25.2 Å². The SMILES string of the molecule is COc1cc(CNC2(C)CCOC2)ccc1/C(N)=N/O. The summed E-state index contributed by atoms with van der Waals surface area (Å²) in [6, 6.07) is 5.61. The fraction of sp³-hybridized carbons (Fsp3) is 0.500. The second-order valence-corrected chi connectivity index (χ2v) is 5.24. The lowest BCUT2D eigenvalue weighted by Crippen LogP contribution is -2.42. The minimum Gasteiger partial charge on any atom is -0.496 e. The molecule has 2 rings (SSSR count). The van der Waals surface area contributed by atoms with Gasteiger partial charge < -0.3 is 25.7 Å². The Kier molecular flexibility index (Phi) is 4.46. The number of hydrogen-bond acceptors (Lipinski definition) is 5. The van der Waals surface area contributed by atoms with E-state index in [9.17, 15) is 0 Å². The monoisotopic (exact) mass is 279 g/mol. The van der Waals surface area contributed by atoms with Crippen LogP contribution in [-0.2, 0) is 11.3 Å². The van der Waals surface area contributed by atoms with Crippen molar-refractivity contribution in [3.05, 3.63) is 29.3 Å². The van der Waals surface area contributed by atoms with Crippen molar-refractivity contribution in [3.8, 4) is 5.75 Å². The molecule has 1 aromatic rings. The average Bonchev–Trinajstić information content (AvgIpc) is 2.91. The molecule has 4 N–H and O–H groups in total. The molecule has 1 fully saturated rings. The molecule has 0 spiro atoms. The quantitative estimate of drug-likeness (QED) is 0.324. The van der Waals surface area contributed by atoms with Crippen molar-refractivity contribution in [1.82, 2.24) is 5.32 Å². The highest BCUT2D eigenvalue weighted by atomic mass is 16.5. The van der Waals surface area contributed by atoms with Gasteiger partial charge in [0.05, 0.1) is 19.3 Å². The summed E-state index contributed by atoms with van der Waals surface area (Å²) >= 11 is 0. The van der Waals surface area contributed by atoms with Gasteiger partial charge in [-0.05, 0) is 31.0 Å². The first-order chi connectivity index (χ1) is 9.58. The summed E-state index contributed by atoms with van der Waals surface area (Å²) in [7, 11) is 1.56. The van der Waals surface area contributed by atoms with Gasteiger partial charge >= 0.3 is 0 Å². The van der Waals surface area contributed by atoms with Crippen LogP contribution in [0.4, 0.5) is 0 Å². The summed E-state index contributed by atoms with van der Waals surface area (Å²) in [6.07, 6.45) is 1.01. The molecule has 1 unspecified atom stereocenters. The molecule has 6 heteroatoms. The molecule has 1 atom stereocenters. The first-order valence-electron chi connectivity index (χ1n) is 6.55. The van der Waals surface area contributed by atoms with E-state index in [1.165, 1.54) is 0 Å². The number of nitrogens with one attached hydrogen (secondary N) is 1. The maximum absolute atomic E-state index is 8.74. The summed E-state index contributed by atoms with van der Waals surface area (Å²) in [5.41, 5.74) is 7.28. The molecule has 0 aliphatic carbocycles. The van der Waals surface area contributed by atoms with E-state index < -0.39 is 0 Å². The fourth-order valence-electron chi connectivity index (χ4n) is 2.23. The van der Waals surface area contributed by atoms with Gasteiger partial charge in [0.15, 0.2) is 5.84 Å². The number of rotatable bonds is 5. The van der Waals surface area contributed by atoms with Crippen molar-refractivity contribution in [2.24, 2.45) is 10.9 Å². The van der Waals surface area contributed by atoms with Crippen LogP contribution in [0.2, 0.25) is 0 Å². The topological polar surface area (TPSA) is 89.1 Å². The number of methoxy groups -OCH3 is 1. The van der Waals surface area contributed by atoms with Crippen LogP contribution >= 0.6 is 0 Å². The summed E-state index contributed by atoms with van der Waals surface area (Å²) in [6.45, 7) is 4.40. The first kappa shape index (κ1) is 14.6. The van der Waals surface area contributed by atoms with E-state index in [0.29, 0.717) is 17.9 Å². The maximum atomic E-state index is 8.74. The number of nitrogens with zero attached hydrogens (tertiary/aromatic N) is 1. The van der Waals surface area contributed by atoms with E-state index in [1.807, 2.05) is 12.1 Å². The standard InChI is InChI=1S/C14H21N3O3/c1-14(5-6-20-9-14)16-8-10-3-4-11(13(15)17-18)12(7-10)19-2/h3-4,7,16,18H,5-6,8-9H2,1-2H3,(H2,15,17). The van der Waals surface area contributed by atoms with Gasteiger partial charge in [-0.25, -0.2) is 0 Å². The largest absolute Gasteiger partial charge is 0.496 e. The van der Waals surface area contributed by atoms with Gasteiger partial charge in [0.25, 0.3) is 0 Å². The third-order valence-electron chi connectivity index (χ3n) is 3.59. The highest BCUT2D eigenvalue weighted by Gasteiger charge is 2.28. The van der Waals surface area contributed by atoms with E-state index in [-0.39, 0.29) is 11.4 Å². The Labute approximate surface area is 118 Å². The molecule has 0 radical (unpaired) electrons. The second kappa shape index (κ2) is 6.11. The van der Waals surface area contributed by atoms with Crippen molar-refractivity contribution in [1.29, 1.82) is 0 Å². The lowest BCUT2D eigenvalue weighted by molar-refractivity contribution is 0.171. The Morgan fingerprint density at radius 2 is 2.40 bits per heavy atom. The van der Waals surface area contributed by atoms with Crippen molar-refractivity contribution in [2.75, 3.05) is 20.3 Å². The van der Waals surface area contributed by atoms with Crippen LogP contribution in [0.1, 0.15) is 24.5 Å². The van der Waals surface area contributed by atoms with Crippen LogP contribution in [0.3, 0.4) is 0 Å². The van der Waals surface area contributed by atoms with Crippen molar-refractivity contribution in [2.45, 2.75) is 25.4 Å². The molecule has 0 bridgehead atoms. The minimum atomic E-state index is 0.0253. The van der Waals surface area contributed by atoms with E-state index in [4.69, 9.17) is 20.4 Å². The predicted molar refractivity (Wildman–Crippen MR) is 76.2 cm³/mol. The van der Waals surface area contributed by atoms with Crippen molar-refractivity contribution >= 4 is 5.84 Å². The zero-order valence-electron chi connectivity index (χ0n) is 11.8. The molecule has 1 aliphatic heterocycles. The Bertz CT molecular complexity index is 496. The Morgan fingerprint density at radius 3 is 3.00 bits per heavy atom. The van der Waals surface area contributed by atoms with Gasteiger partial charge in [-0.2, -0.15) is 0 Å². The lowest BCUT2D eigenvalue weighted by Gasteiger charge is -2.23. The van der Waals surface area contributed by atoms with Crippen LogP contribution < -0.4 is 15.8 Å². The van der Waals surface area contributed by atoms with Crippen LogP contribution in [0.25, 0.3) is 0 Å². The first-order valence-corrected chi connectivity index (χ1v) is 6.55. The van der Waals surface area contributed by atoms with Gasteiger partial charge in [-0.15, -0.1) is 0 Å². The maximum Gasteiger partial charge on any atom is 0.173 e. The Morgan fingerprint density at radius 1 is 1.60 bits per heavy atom. The van der Waals surface area contributed by atoms with E-state index in [1.54, 1.807) is 13.2 Å².